The number of nitro groups is 1. The number of ether oxygens (including phenoxy) is 1. The highest BCUT2D eigenvalue weighted by Gasteiger charge is 2.39. The molecular formula is C17H17BrN2O3. The van der Waals surface area contributed by atoms with Crippen molar-refractivity contribution in [2.75, 3.05) is 13.2 Å². The first-order valence-electron chi connectivity index (χ1n) is 7.38. The molecule has 1 heterocycles. The van der Waals surface area contributed by atoms with Gasteiger partial charge in [0.1, 0.15) is 5.72 Å². The Balaban J connectivity index is 1.87. The van der Waals surface area contributed by atoms with Crippen LogP contribution in [0.4, 0.5) is 5.69 Å². The average Bonchev–Trinajstić information content (AvgIpc) is 2.92. The van der Waals surface area contributed by atoms with Crippen LogP contribution < -0.4 is 0 Å². The Hall–Kier alpha value is -1.76. The Labute approximate surface area is 143 Å². The maximum Gasteiger partial charge on any atom is 0.269 e. The lowest BCUT2D eigenvalue weighted by molar-refractivity contribution is -0.384. The molecule has 1 unspecified atom stereocenters. The van der Waals surface area contributed by atoms with Crippen LogP contribution in [0.3, 0.4) is 0 Å². The summed E-state index contributed by atoms with van der Waals surface area (Å²) in [5.74, 6) is 0. The van der Waals surface area contributed by atoms with Crippen molar-refractivity contribution in [3.63, 3.8) is 0 Å². The van der Waals surface area contributed by atoms with Gasteiger partial charge in [0.2, 0.25) is 0 Å². The summed E-state index contributed by atoms with van der Waals surface area (Å²) in [5.41, 5.74) is 1.62. The zero-order valence-corrected chi connectivity index (χ0v) is 14.3. The largest absolute Gasteiger partial charge is 0.355 e. The lowest BCUT2D eigenvalue weighted by atomic mass is 10.0. The summed E-state index contributed by atoms with van der Waals surface area (Å²) >= 11 is 3.58. The zero-order valence-electron chi connectivity index (χ0n) is 12.7. The van der Waals surface area contributed by atoms with Crippen molar-refractivity contribution >= 4 is 21.6 Å². The minimum Gasteiger partial charge on any atom is -0.355 e. The fourth-order valence-corrected chi connectivity index (χ4v) is 3.29. The Morgan fingerprint density at radius 3 is 2.61 bits per heavy atom. The van der Waals surface area contributed by atoms with Crippen LogP contribution in [-0.4, -0.2) is 23.0 Å². The molecule has 120 valence electrons. The van der Waals surface area contributed by atoms with Gasteiger partial charge in [-0.2, -0.15) is 0 Å². The fourth-order valence-electron chi connectivity index (χ4n) is 2.88. The molecule has 0 saturated carbocycles. The van der Waals surface area contributed by atoms with Crippen LogP contribution in [0.15, 0.2) is 53.0 Å². The van der Waals surface area contributed by atoms with Gasteiger partial charge in [-0.05, 0) is 36.2 Å². The second kappa shape index (κ2) is 6.39. The van der Waals surface area contributed by atoms with Gasteiger partial charge in [-0.25, -0.2) is 0 Å². The van der Waals surface area contributed by atoms with Crippen molar-refractivity contribution in [2.45, 2.75) is 19.2 Å². The molecule has 0 bridgehead atoms. The number of non-ortho nitro benzene ring substituents is 1. The zero-order chi connectivity index (χ0) is 16.4. The van der Waals surface area contributed by atoms with E-state index in [1.807, 2.05) is 25.1 Å². The Kier molecular flexibility index (Phi) is 4.48. The van der Waals surface area contributed by atoms with Crippen molar-refractivity contribution in [2.24, 2.45) is 0 Å². The molecule has 1 saturated heterocycles. The van der Waals surface area contributed by atoms with E-state index in [9.17, 15) is 10.1 Å². The van der Waals surface area contributed by atoms with Crippen molar-refractivity contribution in [1.82, 2.24) is 4.90 Å². The smallest absolute Gasteiger partial charge is 0.269 e. The first-order chi connectivity index (χ1) is 11.0. The van der Waals surface area contributed by atoms with Gasteiger partial charge >= 0.3 is 0 Å². The molecule has 0 aromatic heterocycles. The summed E-state index contributed by atoms with van der Waals surface area (Å²) in [6, 6.07) is 14.7. The highest BCUT2D eigenvalue weighted by Crippen LogP contribution is 2.36. The molecule has 2 aromatic rings. The maximum atomic E-state index is 10.8. The third-order valence-electron chi connectivity index (χ3n) is 4.28. The third-order valence-corrected chi connectivity index (χ3v) is 5.05. The van der Waals surface area contributed by atoms with Gasteiger partial charge < -0.3 is 4.74 Å². The van der Waals surface area contributed by atoms with Crippen LogP contribution in [0.25, 0.3) is 0 Å². The summed E-state index contributed by atoms with van der Waals surface area (Å²) in [6.07, 6.45) is 0. The Morgan fingerprint density at radius 2 is 1.96 bits per heavy atom. The number of hydrogen-bond acceptors (Lipinski definition) is 4. The average molecular weight is 377 g/mol. The molecule has 1 aliphatic rings. The number of nitrogens with zero attached hydrogens (tertiary/aromatic N) is 2. The third kappa shape index (κ3) is 3.15. The standard InChI is InChI=1S/C17H17BrN2O3/c1-17(14-6-8-15(9-7-14)20(21)22)19(10-11-23-17)12-13-4-2-3-5-16(13)18/h2-9H,10-12H2,1H3. The fraction of sp³-hybridized carbons (Fsp3) is 0.294. The van der Waals surface area contributed by atoms with Gasteiger partial charge in [0.25, 0.3) is 5.69 Å². The van der Waals surface area contributed by atoms with Crippen LogP contribution in [0.5, 0.6) is 0 Å². The van der Waals surface area contributed by atoms with E-state index in [1.165, 1.54) is 17.7 Å². The molecule has 1 aliphatic heterocycles. The van der Waals surface area contributed by atoms with E-state index >= 15 is 0 Å². The second-order valence-electron chi connectivity index (χ2n) is 5.65. The van der Waals surface area contributed by atoms with Crippen molar-refractivity contribution in [3.8, 4) is 0 Å². The highest BCUT2D eigenvalue weighted by molar-refractivity contribution is 9.10. The van der Waals surface area contributed by atoms with E-state index in [1.54, 1.807) is 12.1 Å². The summed E-state index contributed by atoms with van der Waals surface area (Å²) in [4.78, 5) is 12.7. The van der Waals surface area contributed by atoms with Gasteiger partial charge in [-0.15, -0.1) is 0 Å². The molecule has 5 nitrogen and oxygen atoms in total. The van der Waals surface area contributed by atoms with Crippen molar-refractivity contribution < 1.29 is 9.66 Å². The van der Waals surface area contributed by atoms with Gasteiger partial charge in [-0.3, -0.25) is 15.0 Å². The molecule has 1 fully saturated rings. The molecule has 1 atom stereocenters. The Bertz CT molecular complexity index is 720. The van der Waals surface area contributed by atoms with Crippen molar-refractivity contribution in [3.05, 3.63) is 74.2 Å². The molecule has 0 radical (unpaired) electrons. The molecule has 0 spiro atoms. The lowest BCUT2D eigenvalue weighted by Crippen LogP contribution is -2.39. The number of benzene rings is 2. The predicted octanol–water partition coefficient (Wildman–Crippen LogP) is 4.06. The number of nitro benzene ring substituents is 1. The van der Waals surface area contributed by atoms with Gasteiger partial charge in [0, 0.05) is 29.7 Å². The monoisotopic (exact) mass is 376 g/mol. The molecule has 0 N–H and O–H groups in total. The first kappa shape index (κ1) is 16.1. The molecule has 0 amide bonds. The quantitative estimate of drug-likeness (QED) is 0.596. The molecular weight excluding hydrogens is 360 g/mol. The normalized spacial score (nSPS) is 21.5. The van der Waals surface area contributed by atoms with Crippen LogP contribution >= 0.6 is 15.9 Å². The molecule has 0 aliphatic carbocycles. The molecule has 2 aromatic carbocycles. The lowest BCUT2D eigenvalue weighted by Gasteiger charge is -2.34. The van der Waals surface area contributed by atoms with Gasteiger partial charge in [0.15, 0.2) is 0 Å². The van der Waals surface area contributed by atoms with E-state index < -0.39 is 5.72 Å². The Morgan fingerprint density at radius 1 is 1.26 bits per heavy atom. The van der Waals surface area contributed by atoms with Gasteiger partial charge in [-0.1, -0.05) is 34.1 Å². The number of hydrogen-bond donors (Lipinski definition) is 0. The predicted molar refractivity (Wildman–Crippen MR) is 91.0 cm³/mol. The van der Waals surface area contributed by atoms with E-state index in [0.29, 0.717) is 6.61 Å². The van der Waals surface area contributed by atoms with Crippen molar-refractivity contribution in [1.29, 1.82) is 0 Å². The summed E-state index contributed by atoms with van der Waals surface area (Å²) in [7, 11) is 0. The van der Waals surface area contributed by atoms with E-state index in [-0.39, 0.29) is 10.6 Å². The first-order valence-corrected chi connectivity index (χ1v) is 8.17. The maximum absolute atomic E-state index is 10.8. The topological polar surface area (TPSA) is 55.6 Å². The van der Waals surface area contributed by atoms with Crippen LogP contribution in [0.1, 0.15) is 18.1 Å². The van der Waals surface area contributed by atoms with E-state index in [4.69, 9.17) is 4.74 Å². The summed E-state index contributed by atoms with van der Waals surface area (Å²) in [5, 5.41) is 10.8. The van der Waals surface area contributed by atoms with Crippen LogP contribution in [-0.2, 0) is 17.0 Å². The minimum absolute atomic E-state index is 0.0905. The van der Waals surface area contributed by atoms with E-state index in [2.05, 4.69) is 26.9 Å². The van der Waals surface area contributed by atoms with Gasteiger partial charge in [0.05, 0.1) is 11.5 Å². The molecule has 6 heteroatoms. The molecule has 3 rings (SSSR count). The number of rotatable bonds is 4. The van der Waals surface area contributed by atoms with Crippen LogP contribution in [0.2, 0.25) is 0 Å². The highest BCUT2D eigenvalue weighted by atomic mass is 79.9. The number of halogens is 1. The van der Waals surface area contributed by atoms with E-state index in [0.717, 1.165) is 23.1 Å². The molecule has 23 heavy (non-hydrogen) atoms. The summed E-state index contributed by atoms with van der Waals surface area (Å²) in [6.45, 7) is 4.21. The SMILES string of the molecule is CC1(c2ccc([N+](=O)[O-])cc2)OCCN1Cc1ccccc1Br. The minimum atomic E-state index is -0.579. The second-order valence-corrected chi connectivity index (χ2v) is 6.50. The van der Waals surface area contributed by atoms with Crippen LogP contribution in [0, 0.1) is 10.1 Å². The summed E-state index contributed by atoms with van der Waals surface area (Å²) < 4.78 is 7.06.